The molecule has 0 heterocycles. The lowest BCUT2D eigenvalue weighted by atomic mass is 10.1. The van der Waals surface area contributed by atoms with Crippen LogP contribution in [0.15, 0.2) is 48.6 Å². The van der Waals surface area contributed by atoms with E-state index in [2.05, 4.69) is 55.6 Å². The van der Waals surface area contributed by atoms with E-state index in [9.17, 15) is 19.4 Å². The standard InChI is InChI=1S/C42H79N2O6P/c1-6-8-10-12-14-16-18-20-22-24-26-28-30-32-34-36-42(46)43-40(39-50-51(47,48)49-38-37-44(3,4)5)41(45)35-33-31-29-27-25-23-21-19-17-15-13-11-9-7-2/h14,16,20,22,25,27,33,35,40-41,45H,6-13,15,17-19,21,23-24,26,28-32,34,36-39H2,1-5H3,(H-,43,46,47,48)/b16-14+,22-20+,27-25+,35-33+/t40-,41+/m0/s1. The molecular weight excluding hydrogens is 659 g/mol. The molecule has 0 bridgehead atoms. The summed E-state index contributed by atoms with van der Waals surface area (Å²) in [6.45, 7) is 4.55. The summed E-state index contributed by atoms with van der Waals surface area (Å²) in [5.74, 6) is -0.225. The largest absolute Gasteiger partial charge is 0.756 e. The van der Waals surface area contributed by atoms with Crippen LogP contribution in [0, 0.1) is 0 Å². The third-order valence-electron chi connectivity index (χ3n) is 8.76. The van der Waals surface area contributed by atoms with Gasteiger partial charge in [-0.1, -0.05) is 140 Å². The molecule has 298 valence electrons. The van der Waals surface area contributed by atoms with Gasteiger partial charge in [-0.3, -0.25) is 9.36 Å². The molecule has 2 N–H and O–H groups in total. The van der Waals surface area contributed by atoms with Gasteiger partial charge in [0.05, 0.1) is 39.9 Å². The van der Waals surface area contributed by atoms with Crippen LogP contribution in [0.3, 0.4) is 0 Å². The normalized spacial score (nSPS) is 15.0. The van der Waals surface area contributed by atoms with Crippen molar-refractivity contribution < 1.29 is 32.9 Å². The number of hydrogen-bond acceptors (Lipinski definition) is 6. The predicted octanol–water partition coefficient (Wildman–Crippen LogP) is 10.3. The summed E-state index contributed by atoms with van der Waals surface area (Å²) in [4.78, 5) is 25.2. The summed E-state index contributed by atoms with van der Waals surface area (Å²) in [5, 5.41) is 13.7. The first kappa shape index (κ1) is 49.5. The number of carbonyl (C=O) groups excluding carboxylic acids is 1. The second-order valence-corrected chi connectivity index (χ2v) is 16.4. The topological polar surface area (TPSA) is 108 Å². The first-order valence-corrected chi connectivity index (χ1v) is 22.0. The van der Waals surface area contributed by atoms with Crippen LogP contribution in [0.25, 0.3) is 0 Å². The van der Waals surface area contributed by atoms with Crippen molar-refractivity contribution in [3.63, 3.8) is 0 Å². The summed E-state index contributed by atoms with van der Waals surface area (Å²) in [7, 11) is 1.23. The molecule has 9 heteroatoms. The van der Waals surface area contributed by atoms with Gasteiger partial charge in [0.2, 0.25) is 5.91 Å². The number of amides is 1. The molecule has 0 aliphatic carbocycles. The minimum atomic E-state index is -4.59. The number of unbranched alkanes of at least 4 members (excludes halogenated alkanes) is 17. The second-order valence-electron chi connectivity index (χ2n) is 15.0. The fraction of sp³-hybridized carbons (Fsp3) is 0.786. The molecule has 0 aromatic carbocycles. The fourth-order valence-corrected chi connectivity index (χ4v) is 6.15. The minimum Gasteiger partial charge on any atom is -0.756 e. The van der Waals surface area contributed by atoms with Crippen LogP contribution in [-0.4, -0.2) is 68.5 Å². The molecule has 1 unspecified atom stereocenters. The maximum absolute atomic E-state index is 12.8. The Morgan fingerprint density at radius 1 is 0.686 bits per heavy atom. The molecule has 0 aliphatic heterocycles. The summed E-state index contributed by atoms with van der Waals surface area (Å²) in [6, 6.07) is -0.909. The van der Waals surface area contributed by atoms with Gasteiger partial charge in [0.25, 0.3) is 7.82 Å². The van der Waals surface area contributed by atoms with Crippen molar-refractivity contribution in [3.8, 4) is 0 Å². The highest BCUT2D eigenvalue weighted by Gasteiger charge is 2.23. The van der Waals surface area contributed by atoms with E-state index < -0.39 is 26.6 Å². The molecule has 0 spiro atoms. The molecule has 1 amide bonds. The van der Waals surface area contributed by atoms with E-state index in [1.54, 1.807) is 6.08 Å². The van der Waals surface area contributed by atoms with E-state index in [4.69, 9.17) is 9.05 Å². The highest BCUT2D eigenvalue weighted by Crippen LogP contribution is 2.38. The van der Waals surface area contributed by atoms with E-state index in [-0.39, 0.29) is 12.5 Å². The molecule has 8 nitrogen and oxygen atoms in total. The third-order valence-corrected chi connectivity index (χ3v) is 9.73. The number of phosphoric ester groups is 1. The number of nitrogens with zero attached hydrogens (tertiary/aromatic N) is 1. The Kier molecular flexibility index (Phi) is 33.2. The van der Waals surface area contributed by atoms with Gasteiger partial charge in [-0.05, 0) is 64.2 Å². The molecule has 0 aromatic heterocycles. The highest BCUT2D eigenvalue weighted by molar-refractivity contribution is 7.45. The van der Waals surface area contributed by atoms with Crippen molar-refractivity contribution in [2.75, 3.05) is 40.9 Å². The molecule has 51 heavy (non-hydrogen) atoms. The van der Waals surface area contributed by atoms with E-state index in [1.807, 2.05) is 27.2 Å². The zero-order valence-electron chi connectivity index (χ0n) is 33.5. The van der Waals surface area contributed by atoms with Crippen molar-refractivity contribution >= 4 is 13.7 Å². The van der Waals surface area contributed by atoms with Gasteiger partial charge in [-0.2, -0.15) is 0 Å². The molecule has 0 aromatic rings. The lowest BCUT2D eigenvalue weighted by molar-refractivity contribution is -0.870. The lowest BCUT2D eigenvalue weighted by Gasteiger charge is -2.29. The Morgan fingerprint density at radius 2 is 1.16 bits per heavy atom. The quantitative estimate of drug-likeness (QED) is 0.0287. The molecule has 0 saturated heterocycles. The van der Waals surface area contributed by atoms with Crippen LogP contribution in [0.1, 0.15) is 162 Å². The number of allylic oxidation sites excluding steroid dienone is 7. The van der Waals surface area contributed by atoms with Crippen molar-refractivity contribution in [1.82, 2.24) is 5.32 Å². The molecule has 0 aliphatic rings. The van der Waals surface area contributed by atoms with E-state index in [0.29, 0.717) is 17.4 Å². The van der Waals surface area contributed by atoms with Crippen molar-refractivity contribution in [3.05, 3.63) is 48.6 Å². The van der Waals surface area contributed by atoms with Gasteiger partial charge in [-0.25, -0.2) is 0 Å². The number of quaternary nitrogens is 1. The van der Waals surface area contributed by atoms with Gasteiger partial charge in [0.15, 0.2) is 0 Å². The van der Waals surface area contributed by atoms with Crippen LogP contribution < -0.4 is 10.2 Å². The average Bonchev–Trinajstić information content (AvgIpc) is 3.07. The maximum atomic E-state index is 12.8. The summed E-state index contributed by atoms with van der Waals surface area (Å²) < 4.78 is 23.1. The monoisotopic (exact) mass is 739 g/mol. The number of aliphatic hydroxyl groups is 1. The molecule has 0 radical (unpaired) electrons. The van der Waals surface area contributed by atoms with Crippen molar-refractivity contribution in [2.45, 2.75) is 174 Å². The zero-order chi connectivity index (χ0) is 37.9. The van der Waals surface area contributed by atoms with Gasteiger partial charge in [-0.15, -0.1) is 0 Å². The average molecular weight is 739 g/mol. The number of phosphoric acid groups is 1. The van der Waals surface area contributed by atoms with Crippen LogP contribution in [0.4, 0.5) is 0 Å². The first-order chi connectivity index (χ1) is 24.5. The van der Waals surface area contributed by atoms with Gasteiger partial charge < -0.3 is 28.8 Å². The van der Waals surface area contributed by atoms with Crippen LogP contribution >= 0.6 is 7.82 Å². The SMILES string of the molecule is CCCCC/C=C/C/C=C/CCCCCCCC(=O)N[C@@H](COP(=O)([O-])OCC[N+](C)(C)C)[C@H](O)/C=C/CC/C=C/CCCCCCCCCC. The fourth-order valence-electron chi connectivity index (χ4n) is 5.43. The van der Waals surface area contributed by atoms with Gasteiger partial charge in [0, 0.05) is 6.42 Å². The molecule has 3 atom stereocenters. The Hall–Kier alpha value is -1.54. The Labute approximate surface area is 314 Å². The number of rotatable bonds is 36. The smallest absolute Gasteiger partial charge is 0.268 e. The van der Waals surface area contributed by atoms with Gasteiger partial charge in [0.1, 0.15) is 13.2 Å². The van der Waals surface area contributed by atoms with E-state index in [0.717, 1.165) is 64.2 Å². The number of nitrogens with one attached hydrogen (secondary N) is 1. The van der Waals surface area contributed by atoms with Crippen molar-refractivity contribution in [2.24, 2.45) is 0 Å². The summed E-state index contributed by atoms with van der Waals surface area (Å²) >= 11 is 0. The third kappa shape index (κ3) is 36.6. The Balaban J connectivity index is 4.58. The van der Waals surface area contributed by atoms with Crippen LogP contribution in [0.5, 0.6) is 0 Å². The highest BCUT2D eigenvalue weighted by atomic mass is 31.2. The van der Waals surface area contributed by atoms with Crippen molar-refractivity contribution in [1.29, 1.82) is 0 Å². The number of carbonyl (C=O) groups is 1. The lowest BCUT2D eigenvalue weighted by Crippen LogP contribution is -2.45. The molecule has 0 rings (SSSR count). The molecular formula is C42H79N2O6P. The predicted molar refractivity (Wildman–Crippen MR) is 214 cm³/mol. The number of likely N-dealkylation sites (N-methyl/N-ethyl adjacent to an activating group) is 1. The Morgan fingerprint density at radius 3 is 1.75 bits per heavy atom. The maximum Gasteiger partial charge on any atom is 0.268 e. The minimum absolute atomic E-state index is 0.0108. The van der Waals surface area contributed by atoms with E-state index >= 15 is 0 Å². The molecule has 0 fully saturated rings. The number of hydrogen-bond donors (Lipinski definition) is 2. The number of aliphatic hydroxyl groups excluding tert-OH is 1. The summed E-state index contributed by atoms with van der Waals surface area (Å²) in [6.07, 6.45) is 41.5. The van der Waals surface area contributed by atoms with E-state index in [1.165, 1.54) is 77.0 Å². The van der Waals surface area contributed by atoms with Gasteiger partial charge >= 0.3 is 0 Å². The molecule has 0 saturated carbocycles. The second kappa shape index (κ2) is 34.2. The summed E-state index contributed by atoms with van der Waals surface area (Å²) in [5.41, 5.74) is 0. The van der Waals surface area contributed by atoms with Crippen LogP contribution in [-0.2, 0) is 18.4 Å². The van der Waals surface area contributed by atoms with Crippen LogP contribution in [0.2, 0.25) is 0 Å². The first-order valence-electron chi connectivity index (χ1n) is 20.5. The Bertz CT molecular complexity index is 975. The zero-order valence-corrected chi connectivity index (χ0v) is 34.4.